The standard InChI is InChI=1S/C19H27N5O/c1-16(13-24-10-5-9-21-24)20-12-19(25)22-18-8-11-23(15-18)14-17-6-3-2-4-7-17/h2-7,9-10,16,18,20H,8,11-15H2,1H3,(H,22,25)/t16-,18-/m0/s1. The van der Waals surface area contributed by atoms with Crippen LogP contribution in [0.25, 0.3) is 0 Å². The van der Waals surface area contributed by atoms with Crippen molar-refractivity contribution in [1.29, 1.82) is 0 Å². The molecule has 1 amide bonds. The molecule has 1 aliphatic rings. The fraction of sp³-hybridized carbons (Fsp3) is 0.474. The van der Waals surface area contributed by atoms with Gasteiger partial charge < -0.3 is 10.6 Å². The highest BCUT2D eigenvalue weighted by Crippen LogP contribution is 2.13. The molecule has 134 valence electrons. The number of aromatic nitrogens is 2. The minimum Gasteiger partial charge on any atom is -0.351 e. The Morgan fingerprint density at radius 1 is 1.32 bits per heavy atom. The molecule has 3 rings (SSSR count). The Morgan fingerprint density at radius 3 is 2.92 bits per heavy atom. The van der Waals surface area contributed by atoms with E-state index in [1.165, 1.54) is 5.56 Å². The van der Waals surface area contributed by atoms with Crippen LogP contribution in [0.15, 0.2) is 48.8 Å². The Hall–Kier alpha value is -2.18. The van der Waals surface area contributed by atoms with Gasteiger partial charge in [-0.05, 0) is 25.0 Å². The Labute approximate surface area is 149 Å². The average Bonchev–Trinajstić information content (AvgIpc) is 3.26. The van der Waals surface area contributed by atoms with Crippen molar-refractivity contribution in [2.75, 3.05) is 19.6 Å². The molecule has 2 heterocycles. The Kier molecular flexibility index (Phi) is 6.19. The molecular formula is C19H27N5O. The van der Waals surface area contributed by atoms with Crippen molar-refractivity contribution >= 4 is 5.91 Å². The summed E-state index contributed by atoms with van der Waals surface area (Å²) in [6.45, 7) is 6.07. The van der Waals surface area contributed by atoms with Gasteiger partial charge in [-0.25, -0.2) is 0 Å². The summed E-state index contributed by atoms with van der Waals surface area (Å²) in [5, 5.41) is 10.6. The summed E-state index contributed by atoms with van der Waals surface area (Å²) in [5.41, 5.74) is 1.32. The van der Waals surface area contributed by atoms with E-state index in [2.05, 4.69) is 51.8 Å². The van der Waals surface area contributed by atoms with Crippen LogP contribution in [0.5, 0.6) is 0 Å². The molecule has 0 saturated carbocycles. The molecule has 0 bridgehead atoms. The van der Waals surface area contributed by atoms with Crippen molar-refractivity contribution in [2.24, 2.45) is 0 Å². The summed E-state index contributed by atoms with van der Waals surface area (Å²) in [6.07, 6.45) is 4.71. The van der Waals surface area contributed by atoms with Crippen LogP contribution in [0.2, 0.25) is 0 Å². The first-order valence-corrected chi connectivity index (χ1v) is 8.95. The largest absolute Gasteiger partial charge is 0.351 e. The molecule has 0 unspecified atom stereocenters. The molecule has 1 aliphatic heterocycles. The number of rotatable bonds is 8. The number of likely N-dealkylation sites (tertiary alicyclic amines) is 1. The number of amides is 1. The van der Waals surface area contributed by atoms with Gasteiger partial charge in [0.15, 0.2) is 0 Å². The summed E-state index contributed by atoms with van der Waals surface area (Å²) in [7, 11) is 0. The maximum atomic E-state index is 12.2. The summed E-state index contributed by atoms with van der Waals surface area (Å²) in [6, 6.07) is 12.8. The van der Waals surface area contributed by atoms with Crippen LogP contribution in [0.4, 0.5) is 0 Å². The molecule has 1 aromatic heterocycles. The minimum absolute atomic E-state index is 0.0684. The fourth-order valence-corrected chi connectivity index (χ4v) is 3.23. The predicted molar refractivity (Wildman–Crippen MR) is 98.0 cm³/mol. The number of hydrogen-bond donors (Lipinski definition) is 2. The van der Waals surface area contributed by atoms with Crippen molar-refractivity contribution in [1.82, 2.24) is 25.3 Å². The first-order chi connectivity index (χ1) is 12.2. The zero-order valence-electron chi connectivity index (χ0n) is 14.8. The van der Waals surface area contributed by atoms with Crippen molar-refractivity contribution < 1.29 is 4.79 Å². The molecular weight excluding hydrogens is 314 g/mol. The van der Waals surface area contributed by atoms with E-state index in [9.17, 15) is 4.79 Å². The van der Waals surface area contributed by atoms with Gasteiger partial charge in [0.25, 0.3) is 0 Å². The number of carbonyl (C=O) groups excluding carboxylic acids is 1. The maximum Gasteiger partial charge on any atom is 0.234 e. The van der Waals surface area contributed by atoms with E-state index < -0.39 is 0 Å². The maximum absolute atomic E-state index is 12.2. The Bertz CT molecular complexity index is 643. The zero-order valence-corrected chi connectivity index (χ0v) is 14.8. The van der Waals surface area contributed by atoms with Crippen LogP contribution >= 0.6 is 0 Å². The van der Waals surface area contributed by atoms with Crippen LogP contribution in [0.3, 0.4) is 0 Å². The van der Waals surface area contributed by atoms with Crippen LogP contribution in [0, 0.1) is 0 Å². The number of carbonyl (C=O) groups is 1. The van der Waals surface area contributed by atoms with E-state index >= 15 is 0 Å². The van der Waals surface area contributed by atoms with Gasteiger partial charge in [-0.3, -0.25) is 14.4 Å². The monoisotopic (exact) mass is 341 g/mol. The van der Waals surface area contributed by atoms with Gasteiger partial charge in [0.2, 0.25) is 5.91 Å². The molecule has 2 atom stereocenters. The Balaban J connectivity index is 1.34. The zero-order chi connectivity index (χ0) is 17.5. The molecule has 1 saturated heterocycles. The van der Waals surface area contributed by atoms with Gasteiger partial charge in [-0.1, -0.05) is 30.3 Å². The van der Waals surface area contributed by atoms with Crippen molar-refractivity contribution in [3.63, 3.8) is 0 Å². The van der Waals surface area contributed by atoms with Gasteiger partial charge >= 0.3 is 0 Å². The molecule has 25 heavy (non-hydrogen) atoms. The number of benzene rings is 1. The van der Waals surface area contributed by atoms with Gasteiger partial charge in [0.1, 0.15) is 0 Å². The number of nitrogens with zero attached hydrogens (tertiary/aromatic N) is 3. The van der Waals surface area contributed by atoms with Crippen molar-refractivity contribution in [3.05, 3.63) is 54.4 Å². The highest BCUT2D eigenvalue weighted by molar-refractivity contribution is 5.78. The topological polar surface area (TPSA) is 62.2 Å². The van der Waals surface area contributed by atoms with Gasteiger partial charge in [0.05, 0.1) is 13.1 Å². The smallest absolute Gasteiger partial charge is 0.234 e. The highest BCUT2D eigenvalue weighted by atomic mass is 16.2. The average molecular weight is 341 g/mol. The molecule has 6 nitrogen and oxygen atoms in total. The predicted octanol–water partition coefficient (Wildman–Crippen LogP) is 1.25. The van der Waals surface area contributed by atoms with E-state index in [0.717, 1.165) is 32.6 Å². The van der Waals surface area contributed by atoms with E-state index in [-0.39, 0.29) is 18.0 Å². The third kappa shape index (κ3) is 5.69. The first-order valence-electron chi connectivity index (χ1n) is 8.95. The second-order valence-electron chi connectivity index (χ2n) is 6.78. The molecule has 1 aromatic carbocycles. The number of hydrogen-bond acceptors (Lipinski definition) is 4. The first kappa shape index (κ1) is 17.6. The Morgan fingerprint density at radius 2 is 2.16 bits per heavy atom. The molecule has 0 spiro atoms. The van der Waals surface area contributed by atoms with Gasteiger partial charge in [-0.15, -0.1) is 0 Å². The molecule has 2 N–H and O–H groups in total. The van der Waals surface area contributed by atoms with Crippen molar-refractivity contribution in [3.8, 4) is 0 Å². The fourth-order valence-electron chi connectivity index (χ4n) is 3.23. The third-order valence-electron chi connectivity index (χ3n) is 4.52. The normalized spacial score (nSPS) is 19.0. The van der Waals surface area contributed by atoms with E-state index in [1.54, 1.807) is 6.20 Å². The molecule has 0 aliphatic carbocycles. The van der Waals surface area contributed by atoms with E-state index in [0.29, 0.717) is 6.54 Å². The molecule has 2 aromatic rings. The summed E-state index contributed by atoms with van der Waals surface area (Å²) >= 11 is 0. The van der Waals surface area contributed by atoms with E-state index in [1.807, 2.05) is 23.0 Å². The summed E-state index contributed by atoms with van der Waals surface area (Å²) < 4.78 is 1.87. The van der Waals surface area contributed by atoms with Gasteiger partial charge in [-0.2, -0.15) is 5.10 Å². The lowest BCUT2D eigenvalue weighted by Gasteiger charge is -2.18. The van der Waals surface area contributed by atoms with Crippen molar-refractivity contribution in [2.45, 2.75) is 38.5 Å². The van der Waals surface area contributed by atoms with Crippen LogP contribution in [0.1, 0.15) is 18.9 Å². The molecule has 6 heteroatoms. The lowest BCUT2D eigenvalue weighted by molar-refractivity contribution is -0.121. The van der Waals surface area contributed by atoms with Crippen LogP contribution in [-0.4, -0.2) is 52.3 Å². The third-order valence-corrected chi connectivity index (χ3v) is 4.52. The van der Waals surface area contributed by atoms with Crippen LogP contribution < -0.4 is 10.6 Å². The number of nitrogens with one attached hydrogen (secondary N) is 2. The molecule has 1 fully saturated rings. The quantitative estimate of drug-likeness (QED) is 0.759. The lowest BCUT2D eigenvalue weighted by Crippen LogP contribution is -2.44. The SMILES string of the molecule is C[C@@H](Cn1cccn1)NCC(=O)N[C@H]1CCN(Cc2ccccc2)C1. The summed E-state index contributed by atoms with van der Waals surface area (Å²) in [5.74, 6) is 0.0684. The minimum atomic E-state index is 0.0684. The summed E-state index contributed by atoms with van der Waals surface area (Å²) in [4.78, 5) is 14.6. The van der Waals surface area contributed by atoms with E-state index in [4.69, 9.17) is 0 Å². The molecule has 0 radical (unpaired) electrons. The second-order valence-corrected chi connectivity index (χ2v) is 6.78. The lowest BCUT2D eigenvalue weighted by atomic mass is 10.2. The second kappa shape index (κ2) is 8.78. The van der Waals surface area contributed by atoms with Gasteiger partial charge in [0, 0.05) is 44.1 Å². The van der Waals surface area contributed by atoms with Crippen LogP contribution in [-0.2, 0) is 17.9 Å². The highest BCUT2D eigenvalue weighted by Gasteiger charge is 2.23.